The zero-order chi connectivity index (χ0) is 17.8. The van der Waals surface area contributed by atoms with E-state index in [0.29, 0.717) is 37.7 Å². The van der Waals surface area contributed by atoms with Crippen molar-refractivity contribution in [3.63, 3.8) is 0 Å². The summed E-state index contributed by atoms with van der Waals surface area (Å²) >= 11 is 0. The lowest BCUT2D eigenvalue weighted by molar-refractivity contribution is 0.208. The number of benzene rings is 1. The summed E-state index contributed by atoms with van der Waals surface area (Å²) in [5.41, 5.74) is 0.704. The number of piperazine rings is 1. The molecule has 2 aromatic rings. The standard InChI is InChI=1S/C18H21N5O3/c24-18(21-14-2-3-15-16(12-14)26-11-1-10-25-15)23-8-6-22(7-9-23)17-13-19-4-5-20-17/h2-5,12-13H,1,6-11H2,(H,21,24). The Hall–Kier alpha value is -3.03. The molecule has 3 heterocycles. The minimum atomic E-state index is -0.113. The average molecular weight is 355 g/mol. The Labute approximate surface area is 151 Å². The van der Waals surface area contributed by atoms with Crippen molar-refractivity contribution in [3.05, 3.63) is 36.8 Å². The number of aromatic nitrogens is 2. The molecule has 0 radical (unpaired) electrons. The van der Waals surface area contributed by atoms with E-state index in [9.17, 15) is 4.79 Å². The molecule has 4 rings (SSSR count). The minimum Gasteiger partial charge on any atom is -0.490 e. The molecule has 2 aliphatic rings. The lowest BCUT2D eigenvalue weighted by Crippen LogP contribution is -2.50. The summed E-state index contributed by atoms with van der Waals surface area (Å²) in [6.07, 6.45) is 5.93. The second-order valence-corrected chi connectivity index (χ2v) is 6.18. The van der Waals surface area contributed by atoms with Gasteiger partial charge in [0.2, 0.25) is 0 Å². The van der Waals surface area contributed by atoms with Crippen LogP contribution in [0.4, 0.5) is 16.3 Å². The summed E-state index contributed by atoms with van der Waals surface area (Å²) in [5, 5.41) is 2.94. The average Bonchev–Trinajstić information content (AvgIpc) is 2.94. The van der Waals surface area contributed by atoms with Crippen LogP contribution in [0.3, 0.4) is 0 Å². The molecule has 136 valence electrons. The summed E-state index contributed by atoms with van der Waals surface area (Å²) in [6, 6.07) is 5.37. The van der Waals surface area contributed by atoms with E-state index in [1.54, 1.807) is 23.5 Å². The molecule has 0 spiro atoms. The minimum absolute atomic E-state index is 0.113. The van der Waals surface area contributed by atoms with Gasteiger partial charge < -0.3 is 24.6 Å². The first-order valence-electron chi connectivity index (χ1n) is 8.76. The number of nitrogens with zero attached hydrogens (tertiary/aromatic N) is 4. The van der Waals surface area contributed by atoms with Crippen LogP contribution >= 0.6 is 0 Å². The van der Waals surface area contributed by atoms with Crippen molar-refractivity contribution in [1.82, 2.24) is 14.9 Å². The summed E-state index contributed by atoms with van der Waals surface area (Å²) in [4.78, 5) is 24.9. The summed E-state index contributed by atoms with van der Waals surface area (Å²) < 4.78 is 11.3. The summed E-state index contributed by atoms with van der Waals surface area (Å²) in [5.74, 6) is 2.24. The first-order valence-corrected chi connectivity index (χ1v) is 8.76. The number of hydrogen-bond acceptors (Lipinski definition) is 6. The van der Waals surface area contributed by atoms with Crippen LogP contribution in [0.5, 0.6) is 11.5 Å². The van der Waals surface area contributed by atoms with Crippen LogP contribution in [0, 0.1) is 0 Å². The number of nitrogens with one attached hydrogen (secondary N) is 1. The molecule has 1 aromatic heterocycles. The van der Waals surface area contributed by atoms with E-state index in [0.717, 1.165) is 31.1 Å². The Balaban J connectivity index is 1.35. The van der Waals surface area contributed by atoms with Crippen LogP contribution in [0.25, 0.3) is 0 Å². The molecule has 1 N–H and O–H groups in total. The van der Waals surface area contributed by atoms with Gasteiger partial charge in [-0.15, -0.1) is 0 Å². The van der Waals surface area contributed by atoms with E-state index in [1.807, 2.05) is 18.2 Å². The molecule has 1 aromatic carbocycles. The maximum atomic E-state index is 12.5. The molecule has 0 saturated carbocycles. The smallest absolute Gasteiger partial charge is 0.321 e. The molecule has 8 nitrogen and oxygen atoms in total. The molecule has 2 aliphatic heterocycles. The number of carbonyl (C=O) groups excluding carboxylic acids is 1. The quantitative estimate of drug-likeness (QED) is 0.887. The highest BCUT2D eigenvalue weighted by molar-refractivity contribution is 5.90. The second-order valence-electron chi connectivity index (χ2n) is 6.18. The van der Waals surface area contributed by atoms with Crippen molar-refractivity contribution in [2.24, 2.45) is 0 Å². The van der Waals surface area contributed by atoms with Crippen molar-refractivity contribution >= 4 is 17.5 Å². The maximum Gasteiger partial charge on any atom is 0.321 e. The number of anilines is 2. The van der Waals surface area contributed by atoms with Crippen LogP contribution in [-0.4, -0.2) is 60.3 Å². The second kappa shape index (κ2) is 7.47. The van der Waals surface area contributed by atoms with E-state index in [2.05, 4.69) is 20.2 Å². The molecule has 0 atom stereocenters. The third kappa shape index (κ3) is 3.63. The molecule has 2 amide bonds. The van der Waals surface area contributed by atoms with Crippen LogP contribution in [-0.2, 0) is 0 Å². The van der Waals surface area contributed by atoms with Gasteiger partial charge >= 0.3 is 6.03 Å². The number of amides is 2. The third-order valence-corrected chi connectivity index (χ3v) is 4.44. The van der Waals surface area contributed by atoms with Gasteiger partial charge in [0.1, 0.15) is 5.82 Å². The van der Waals surface area contributed by atoms with Gasteiger partial charge in [-0.1, -0.05) is 0 Å². The number of rotatable bonds is 2. The highest BCUT2D eigenvalue weighted by Crippen LogP contribution is 2.32. The van der Waals surface area contributed by atoms with Crippen molar-refractivity contribution < 1.29 is 14.3 Å². The fraction of sp³-hybridized carbons (Fsp3) is 0.389. The van der Waals surface area contributed by atoms with Gasteiger partial charge in [-0.2, -0.15) is 0 Å². The lowest BCUT2D eigenvalue weighted by Gasteiger charge is -2.35. The first kappa shape index (κ1) is 16.4. The highest BCUT2D eigenvalue weighted by Gasteiger charge is 2.22. The Morgan fingerprint density at radius 1 is 1.04 bits per heavy atom. The Morgan fingerprint density at radius 2 is 1.85 bits per heavy atom. The molecule has 1 saturated heterocycles. The van der Waals surface area contributed by atoms with E-state index < -0.39 is 0 Å². The van der Waals surface area contributed by atoms with Gasteiger partial charge in [0.15, 0.2) is 11.5 Å². The molecule has 0 unspecified atom stereocenters. The van der Waals surface area contributed by atoms with Crippen molar-refractivity contribution in [2.75, 3.05) is 49.6 Å². The fourth-order valence-electron chi connectivity index (χ4n) is 3.04. The van der Waals surface area contributed by atoms with Crippen LogP contribution in [0.2, 0.25) is 0 Å². The topological polar surface area (TPSA) is 79.8 Å². The highest BCUT2D eigenvalue weighted by atomic mass is 16.5. The number of fused-ring (bicyclic) bond motifs is 1. The number of ether oxygens (including phenoxy) is 2. The van der Waals surface area contributed by atoms with Gasteiger partial charge in [-0.05, 0) is 12.1 Å². The van der Waals surface area contributed by atoms with Crippen LogP contribution in [0.15, 0.2) is 36.8 Å². The van der Waals surface area contributed by atoms with Crippen molar-refractivity contribution in [2.45, 2.75) is 6.42 Å². The molecule has 8 heteroatoms. The Kier molecular flexibility index (Phi) is 4.72. The van der Waals surface area contributed by atoms with Gasteiger partial charge in [0.25, 0.3) is 0 Å². The molecule has 0 aliphatic carbocycles. The van der Waals surface area contributed by atoms with Crippen molar-refractivity contribution in [3.8, 4) is 11.5 Å². The van der Waals surface area contributed by atoms with Crippen molar-refractivity contribution in [1.29, 1.82) is 0 Å². The number of carbonyl (C=O) groups is 1. The van der Waals surface area contributed by atoms with E-state index in [4.69, 9.17) is 9.47 Å². The fourth-order valence-corrected chi connectivity index (χ4v) is 3.04. The predicted molar refractivity (Wildman–Crippen MR) is 96.9 cm³/mol. The first-order chi connectivity index (χ1) is 12.8. The molecule has 0 bridgehead atoms. The normalized spacial score (nSPS) is 16.8. The van der Waals surface area contributed by atoms with Gasteiger partial charge in [0.05, 0.1) is 19.4 Å². The maximum absolute atomic E-state index is 12.5. The number of urea groups is 1. The SMILES string of the molecule is O=C(Nc1ccc2c(c1)OCCCO2)N1CCN(c2cnccn2)CC1. The van der Waals surface area contributed by atoms with E-state index in [1.165, 1.54) is 0 Å². The summed E-state index contributed by atoms with van der Waals surface area (Å²) in [6.45, 7) is 3.99. The van der Waals surface area contributed by atoms with Gasteiger partial charge in [0, 0.05) is 56.7 Å². The van der Waals surface area contributed by atoms with Crippen LogP contribution in [0.1, 0.15) is 6.42 Å². The lowest BCUT2D eigenvalue weighted by atomic mass is 10.2. The Bertz CT molecular complexity index is 763. The Morgan fingerprint density at radius 3 is 2.62 bits per heavy atom. The van der Waals surface area contributed by atoms with Crippen LogP contribution < -0.4 is 19.7 Å². The monoisotopic (exact) mass is 355 g/mol. The largest absolute Gasteiger partial charge is 0.490 e. The molecular weight excluding hydrogens is 334 g/mol. The predicted octanol–water partition coefficient (Wildman–Crippen LogP) is 1.99. The molecule has 26 heavy (non-hydrogen) atoms. The zero-order valence-corrected chi connectivity index (χ0v) is 14.4. The van der Waals surface area contributed by atoms with Gasteiger partial charge in [-0.3, -0.25) is 4.98 Å². The summed E-state index contributed by atoms with van der Waals surface area (Å²) in [7, 11) is 0. The van der Waals surface area contributed by atoms with Gasteiger partial charge in [-0.25, -0.2) is 9.78 Å². The molecule has 1 fully saturated rings. The van der Waals surface area contributed by atoms with E-state index in [-0.39, 0.29) is 6.03 Å². The third-order valence-electron chi connectivity index (χ3n) is 4.44. The molecular formula is C18H21N5O3. The number of hydrogen-bond donors (Lipinski definition) is 1. The zero-order valence-electron chi connectivity index (χ0n) is 14.4. The van der Waals surface area contributed by atoms with E-state index >= 15 is 0 Å².